The number of carbonyl (C=O) groups is 2. The van der Waals surface area contributed by atoms with Crippen LogP contribution < -0.4 is 4.74 Å². The highest BCUT2D eigenvalue weighted by atomic mass is 35.5. The van der Waals surface area contributed by atoms with Gasteiger partial charge in [-0.25, -0.2) is 9.79 Å². The number of carbonyl (C=O) groups excluding carboxylic acids is 1. The minimum Gasteiger partial charge on any atom is -0.494 e. The standard InChI is InChI=1S/C25H18Cl2N2O4S/c1-33-22-19(26)11-16(12-20(22)27)13-21-23(30)29(14-15-7-9-17(10-8-15)24(31)32)25(34-21)28-18-5-3-2-4-6-18/h2-13H,14H2,1H3,(H,31,32)/b21-13-,28-25?. The average molecular weight is 513 g/mol. The van der Waals surface area contributed by atoms with Crippen LogP contribution in [-0.4, -0.2) is 34.2 Å². The Morgan fingerprint density at radius 1 is 1.09 bits per heavy atom. The Kier molecular flexibility index (Phi) is 7.26. The first-order chi connectivity index (χ1) is 16.4. The Hall–Kier alpha value is -3.26. The number of aromatic carboxylic acids is 1. The zero-order valence-electron chi connectivity index (χ0n) is 17.9. The smallest absolute Gasteiger partial charge is 0.335 e. The van der Waals surface area contributed by atoms with Crippen molar-refractivity contribution < 1.29 is 19.4 Å². The van der Waals surface area contributed by atoms with Gasteiger partial charge in [-0.1, -0.05) is 53.5 Å². The third-order valence-corrected chi connectivity index (χ3v) is 6.50. The summed E-state index contributed by atoms with van der Waals surface area (Å²) in [6.07, 6.45) is 1.71. The molecule has 1 aliphatic heterocycles. The van der Waals surface area contributed by atoms with E-state index >= 15 is 0 Å². The molecular formula is C25H18Cl2N2O4S. The number of carboxylic acid groups (broad SMARTS) is 1. The maximum atomic E-state index is 13.4. The van der Waals surface area contributed by atoms with Crippen LogP contribution in [-0.2, 0) is 11.3 Å². The van der Waals surface area contributed by atoms with E-state index in [0.717, 1.165) is 5.56 Å². The fraction of sp³-hybridized carbons (Fsp3) is 0.0800. The van der Waals surface area contributed by atoms with Crippen molar-refractivity contribution >= 4 is 63.8 Å². The minimum atomic E-state index is -1.01. The number of hydrogen-bond acceptors (Lipinski definition) is 5. The number of halogens is 2. The zero-order valence-corrected chi connectivity index (χ0v) is 20.2. The van der Waals surface area contributed by atoms with Gasteiger partial charge in [0, 0.05) is 0 Å². The highest BCUT2D eigenvalue weighted by molar-refractivity contribution is 8.18. The van der Waals surface area contributed by atoms with Crippen molar-refractivity contribution in [2.45, 2.75) is 6.54 Å². The van der Waals surface area contributed by atoms with E-state index in [0.29, 0.717) is 37.1 Å². The molecule has 1 fully saturated rings. The number of nitrogens with zero attached hydrogens (tertiary/aromatic N) is 2. The molecular weight excluding hydrogens is 495 g/mol. The molecule has 0 atom stereocenters. The molecule has 0 bridgehead atoms. The van der Waals surface area contributed by atoms with E-state index in [1.807, 2.05) is 30.3 Å². The highest BCUT2D eigenvalue weighted by Gasteiger charge is 2.33. The predicted octanol–water partition coefficient (Wildman–Crippen LogP) is 6.50. The van der Waals surface area contributed by atoms with Crippen LogP contribution in [0.25, 0.3) is 6.08 Å². The molecule has 1 heterocycles. The molecule has 0 aromatic heterocycles. The first-order valence-corrected chi connectivity index (χ1v) is 11.6. The van der Waals surface area contributed by atoms with Crippen LogP contribution in [0.3, 0.4) is 0 Å². The molecule has 4 rings (SSSR count). The lowest BCUT2D eigenvalue weighted by molar-refractivity contribution is -0.122. The van der Waals surface area contributed by atoms with Gasteiger partial charge in [0.25, 0.3) is 5.91 Å². The Morgan fingerprint density at radius 2 is 1.74 bits per heavy atom. The summed E-state index contributed by atoms with van der Waals surface area (Å²) in [6, 6.07) is 19.1. The van der Waals surface area contributed by atoms with Gasteiger partial charge in [-0.05, 0) is 65.4 Å². The fourth-order valence-corrected chi connectivity index (χ4v) is 4.94. The molecule has 1 amide bonds. The molecule has 1 N–H and O–H groups in total. The second-order valence-corrected chi connectivity index (χ2v) is 9.08. The summed E-state index contributed by atoms with van der Waals surface area (Å²) in [5, 5.41) is 10.3. The number of amides is 1. The lowest BCUT2D eigenvalue weighted by atomic mass is 10.1. The van der Waals surface area contributed by atoms with Crippen LogP contribution in [0, 0.1) is 0 Å². The molecule has 0 saturated carbocycles. The van der Waals surface area contributed by atoms with E-state index in [1.165, 1.54) is 31.0 Å². The van der Waals surface area contributed by atoms with Crippen molar-refractivity contribution in [3.63, 3.8) is 0 Å². The van der Waals surface area contributed by atoms with E-state index in [1.54, 1.807) is 35.2 Å². The van der Waals surface area contributed by atoms with Gasteiger partial charge in [-0.2, -0.15) is 0 Å². The second kappa shape index (κ2) is 10.3. The molecule has 9 heteroatoms. The molecule has 0 radical (unpaired) electrons. The van der Waals surface area contributed by atoms with Crippen molar-refractivity contribution in [1.82, 2.24) is 4.90 Å². The highest BCUT2D eigenvalue weighted by Crippen LogP contribution is 2.38. The van der Waals surface area contributed by atoms with Crippen molar-refractivity contribution in [2.24, 2.45) is 4.99 Å². The van der Waals surface area contributed by atoms with Gasteiger partial charge < -0.3 is 9.84 Å². The van der Waals surface area contributed by atoms with E-state index in [4.69, 9.17) is 33.0 Å². The molecule has 0 unspecified atom stereocenters. The lowest BCUT2D eigenvalue weighted by Gasteiger charge is -2.16. The molecule has 172 valence electrons. The summed E-state index contributed by atoms with van der Waals surface area (Å²) >= 11 is 13.8. The number of amidine groups is 1. The number of rotatable bonds is 6. The van der Waals surface area contributed by atoms with E-state index in [9.17, 15) is 9.59 Å². The molecule has 3 aromatic carbocycles. The number of aliphatic imine (C=N–C) groups is 1. The molecule has 3 aromatic rings. The molecule has 0 spiro atoms. The Labute approximate surface area is 210 Å². The summed E-state index contributed by atoms with van der Waals surface area (Å²) < 4.78 is 5.19. The summed E-state index contributed by atoms with van der Waals surface area (Å²) in [6.45, 7) is 0.235. The lowest BCUT2D eigenvalue weighted by Crippen LogP contribution is -2.28. The quantitative estimate of drug-likeness (QED) is 0.381. The number of thioether (sulfide) groups is 1. The topological polar surface area (TPSA) is 79.2 Å². The van der Waals surface area contributed by atoms with Crippen molar-refractivity contribution in [3.05, 3.63) is 98.4 Å². The third kappa shape index (κ3) is 5.28. The molecule has 34 heavy (non-hydrogen) atoms. The second-order valence-electron chi connectivity index (χ2n) is 7.25. The van der Waals surface area contributed by atoms with Crippen LogP contribution in [0.15, 0.2) is 76.6 Å². The van der Waals surface area contributed by atoms with Crippen LogP contribution in [0.2, 0.25) is 10.0 Å². The Morgan fingerprint density at radius 3 is 2.32 bits per heavy atom. The predicted molar refractivity (Wildman–Crippen MR) is 136 cm³/mol. The number of methoxy groups -OCH3 is 1. The van der Waals surface area contributed by atoms with Crippen LogP contribution in [0.1, 0.15) is 21.5 Å². The van der Waals surface area contributed by atoms with Gasteiger partial charge in [0.15, 0.2) is 10.9 Å². The number of benzene rings is 3. The van der Waals surface area contributed by atoms with Crippen molar-refractivity contribution in [3.8, 4) is 5.75 Å². The van der Waals surface area contributed by atoms with E-state index < -0.39 is 5.97 Å². The Balaban J connectivity index is 1.69. The zero-order chi connectivity index (χ0) is 24.2. The van der Waals surface area contributed by atoms with Gasteiger partial charge in [-0.15, -0.1) is 0 Å². The summed E-state index contributed by atoms with van der Waals surface area (Å²) in [7, 11) is 1.48. The summed E-state index contributed by atoms with van der Waals surface area (Å²) in [4.78, 5) is 31.2. The van der Waals surface area contributed by atoms with Crippen LogP contribution in [0.5, 0.6) is 5.75 Å². The van der Waals surface area contributed by atoms with Gasteiger partial charge in [-0.3, -0.25) is 9.69 Å². The Bertz CT molecular complexity index is 1290. The molecule has 1 aliphatic rings. The van der Waals surface area contributed by atoms with Gasteiger partial charge in [0.05, 0.1) is 39.9 Å². The van der Waals surface area contributed by atoms with E-state index in [2.05, 4.69) is 4.99 Å². The molecule has 6 nitrogen and oxygen atoms in total. The third-order valence-electron chi connectivity index (χ3n) is 4.93. The first kappa shape index (κ1) is 23.9. The monoisotopic (exact) mass is 512 g/mol. The SMILES string of the molecule is COc1c(Cl)cc(/C=C2\SC(=Nc3ccccc3)N(Cc3ccc(C(=O)O)cc3)C2=O)cc1Cl. The fourth-order valence-electron chi connectivity index (χ4n) is 3.29. The number of hydrogen-bond donors (Lipinski definition) is 1. The maximum Gasteiger partial charge on any atom is 0.335 e. The molecule has 1 saturated heterocycles. The number of para-hydroxylation sites is 1. The van der Waals surface area contributed by atoms with Gasteiger partial charge in [0.1, 0.15) is 0 Å². The minimum absolute atomic E-state index is 0.179. The van der Waals surface area contributed by atoms with E-state index in [-0.39, 0.29) is 18.0 Å². The van der Waals surface area contributed by atoms with Crippen molar-refractivity contribution in [1.29, 1.82) is 0 Å². The normalized spacial score (nSPS) is 15.9. The van der Waals surface area contributed by atoms with Gasteiger partial charge in [0.2, 0.25) is 0 Å². The van der Waals surface area contributed by atoms with Gasteiger partial charge >= 0.3 is 5.97 Å². The van der Waals surface area contributed by atoms with Crippen LogP contribution in [0.4, 0.5) is 5.69 Å². The average Bonchev–Trinajstić information content (AvgIpc) is 3.08. The number of ether oxygens (including phenoxy) is 1. The van der Waals surface area contributed by atoms with Crippen molar-refractivity contribution in [2.75, 3.05) is 7.11 Å². The summed E-state index contributed by atoms with van der Waals surface area (Å²) in [5.74, 6) is -0.869. The summed E-state index contributed by atoms with van der Waals surface area (Å²) in [5.41, 5.74) is 2.31. The molecule has 0 aliphatic carbocycles. The van der Waals surface area contributed by atoms with Crippen LogP contribution >= 0.6 is 35.0 Å². The number of carboxylic acids is 1. The first-order valence-electron chi connectivity index (χ1n) is 10.1. The maximum absolute atomic E-state index is 13.4. The largest absolute Gasteiger partial charge is 0.494 e.